The van der Waals surface area contributed by atoms with Crippen LogP contribution in [0, 0.1) is 0 Å². The van der Waals surface area contributed by atoms with Crippen LogP contribution in [0.15, 0.2) is 48.1 Å². The predicted molar refractivity (Wildman–Crippen MR) is 75.0 cm³/mol. The molecule has 16 heavy (non-hydrogen) atoms. The first-order chi connectivity index (χ1) is 7.55. The molecule has 1 aliphatic carbocycles. The maximum absolute atomic E-state index is 2.39. The maximum atomic E-state index is 2.39. The van der Waals surface area contributed by atoms with Crippen LogP contribution in [0.3, 0.4) is 0 Å². The van der Waals surface area contributed by atoms with Gasteiger partial charge in [0, 0.05) is 0 Å². The lowest BCUT2D eigenvalue weighted by atomic mass is 10.1. The number of allylic oxidation sites excluding steroid dienone is 4. The Kier molecular flexibility index (Phi) is 3.15. The smallest absolute Gasteiger partial charge is 0.0775 e. The van der Waals surface area contributed by atoms with E-state index in [4.69, 9.17) is 0 Å². The molecule has 0 spiro atoms. The first-order valence-corrected chi connectivity index (χ1v) is 9.50. The van der Waals surface area contributed by atoms with Crippen molar-refractivity contribution in [2.45, 2.75) is 32.5 Å². The Bertz CT molecular complexity index is 416. The molecule has 0 saturated carbocycles. The van der Waals surface area contributed by atoms with E-state index in [1.807, 2.05) is 0 Å². The molecule has 84 valence electrons. The van der Waals surface area contributed by atoms with Gasteiger partial charge in [0.25, 0.3) is 0 Å². The lowest BCUT2D eigenvalue weighted by Crippen LogP contribution is -2.37. The van der Waals surface area contributed by atoms with Gasteiger partial charge in [0.15, 0.2) is 0 Å². The summed E-state index contributed by atoms with van der Waals surface area (Å²) in [5.41, 5.74) is 2.97. The molecule has 0 atom stereocenters. The number of hydrogen-bond acceptors (Lipinski definition) is 0. The molecule has 2 rings (SSSR count). The van der Waals surface area contributed by atoms with Crippen molar-refractivity contribution in [2.24, 2.45) is 0 Å². The molecule has 0 heterocycles. The summed E-state index contributed by atoms with van der Waals surface area (Å²) >= 11 is 0. The third-order valence-corrected chi connectivity index (χ3v) is 5.16. The SMILES string of the molecule is C[Si](C)(C)c1ccc(CC2=CC=CC2)cc1. The highest BCUT2D eigenvalue weighted by Gasteiger charge is 2.15. The van der Waals surface area contributed by atoms with Crippen LogP contribution in [0.2, 0.25) is 19.6 Å². The molecule has 1 aliphatic rings. The molecule has 0 amide bonds. The lowest BCUT2D eigenvalue weighted by Gasteiger charge is -2.16. The van der Waals surface area contributed by atoms with Gasteiger partial charge in [0.2, 0.25) is 0 Å². The van der Waals surface area contributed by atoms with Crippen LogP contribution in [0.1, 0.15) is 12.0 Å². The fourth-order valence-corrected chi connectivity index (χ4v) is 3.17. The Morgan fingerprint density at radius 1 is 1.06 bits per heavy atom. The van der Waals surface area contributed by atoms with Crippen LogP contribution in [-0.4, -0.2) is 8.07 Å². The quantitative estimate of drug-likeness (QED) is 0.693. The van der Waals surface area contributed by atoms with Crippen LogP contribution >= 0.6 is 0 Å². The van der Waals surface area contributed by atoms with Crippen molar-refractivity contribution in [1.82, 2.24) is 0 Å². The van der Waals surface area contributed by atoms with E-state index in [0.29, 0.717) is 0 Å². The van der Waals surface area contributed by atoms with Gasteiger partial charge in [-0.3, -0.25) is 0 Å². The lowest BCUT2D eigenvalue weighted by molar-refractivity contribution is 1.09. The van der Waals surface area contributed by atoms with E-state index in [1.54, 1.807) is 5.19 Å². The molecule has 0 radical (unpaired) electrons. The van der Waals surface area contributed by atoms with Gasteiger partial charge in [-0.05, 0) is 18.4 Å². The average molecular weight is 228 g/mol. The minimum atomic E-state index is -1.13. The van der Waals surface area contributed by atoms with Crippen LogP contribution in [0.25, 0.3) is 0 Å². The van der Waals surface area contributed by atoms with E-state index >= 15 is 0 Å². The summed E-state index contributed by atoms with van der Waals surface area (Å²) in [6, 6.07) is 9.24. The third-order valence-electron chi connectivity index (χ3n) is 3.10. The summed E-state index contributed by atoms with van der Waals surface area (Å²) in [7, 11) is -1.13. The maximum Gasteiger partial charge on any atom is 0.0775 e. The Morgan fingerprint density at radius 2 is 1.75 bits per heavy atom. The molecule has 0 fully saturated rings. The zero-order valence-electron chi connectivity index (χ0n) is 10.5. The van der Waals surface area contributed by atoms with E-state index in [-0.39, 0.29) is 0 Å². The average Bonchev–Trinajstić information content (AvgIpc) is 2.70. The van der Waals surface area contributed by atoms with Crippen molar-refractivity contribution in [1.29, 1.82) is 0 Å². The van der Waals surface area contributed by atoms with Crippen LogP contribution in [-0.2, 0) is 6.42 Å². The largest absolute Gasteiger partial charge is 0.0804 e. The molecular formula is C15H20Si. The molecule has 0 bridgehead atoms. The van der Waals surface area contributed by atoms with Gasteiger partial charge < -0.3 is 0 Å². The van der Waals surface area contributed by atoms with Crippen molar-refractivity contribution in [2.75, 3.05) is 0 Å². The highest BCUT2D eigenvalue weighted by atomic mass is 28.3. The third kappa shape index (κ3) is 2.73. The van der Waals surface area contributed by atoms with Crippen molar-refractivity contribution in [3.05, 3.63) is 53.6 Å². The number of benzene rings is 1. The Morgan fingerprint density at radius 3 is 2.25 bits per heavy atom. The first-order valence-electron chi connectivity index (χ1n) is 6.00. The molecule has 0 aromatic heterocycles. The Labute approximate surface area is 99.7 Å². The highest BCUT2D eigenvalue weighted by molar-refractivity contribution is 6.88. The second-order valence-corrected chi connectivity index (χ2v) is 10.7. The Hall–Kier alpha value is -1.08. The first kappa shape index (κ1) is 11.4. The summed E-state index contributed by atoms with van der Waals surface area (Å²) in [5.74, 6) is 0. The van der Waals surface area contributed by atoms with E-state index in [1.165, 1.54) is 11.1 Å². The number of rotatable bonds is 3. The van der Waals surface area contributed by atoms with Gasteiger partial charge in [0.1, 0.15) is 0 Å². The van der Waals surface area contributed by atoms with Crippen molar-refractivity contribution >= 4 is 13.3 Å². The summed E-state index contributed by atoms with van der Waals surface area (Å²) in [4.78, 5) is 0. The molecule has 0 nitrogen and oxygen atoms in total. The molecule has 0 aliphatic heterocycles. The second-order valence-electron chi connectivity index (χ2n) is 5.58. The van der Waals surface area contributed by atoms with Gasteiger partial charge in [-0.25, -0.2) is 0 Å². The molecule has 0 unspecified atom stereocenters. The van der Waals surface area contributed by atoms with E-state index in [2.05, 4.69) is 62.1 Å². The van der Waals surface area contributed by atoms with Gasteiger partial charge in [-0.15, -0.1) is 0 Å². The zero-order chi connectivity index (χ0) is 11.6. The highest BCUT2D eigenvalue weighted by Crippen LogP contribution is 2.16. The molecule has 0 N–H and O–H groups in total. The van der Waals surface area contributed by atoms with Crippen LogP contribution in [0.5, 0.6) is 0 Å². The standard InChI is InChI=1S/C15H20Si/c1-16(2,3)15-10-8-14(9-11-15)12-13-6-4-5-7-13/h4-6,8-11H,7,12H2,1-3H3. The number of hydrogen-bond donors (Lipinski definition) is 0. The zero-order valence-corrected chi connectivity index (χ0v) is 11.5. The summed E-state index contributed by atoms with van der Waals surface area (Å²) in [6.07, 6.45) is 8.87. The topological polar surface area (TPSA) is 0 Å². The van der Waals surface area contributed by atoms with E-state index < -0.39 is 8.07 Å². The van der Waals surface area contributed by atoms with Gasteiger partial charge >= 0.3 is 0 Å². The predicted octanol–water partition coefficient (Wildman–Crippen LogP) is 3.66. The summed E-state index contributed by atoms with van der Waals surface area (Å²) < 4.78 is 0. The van der Waals surface area contributed by atoms with Crippen molar-refractivity contribution in [3.8, 4) is 0 Å². The van der Waals surface area contributed by atoms with E-state index in [0.717, 1.165) is 12.8 Å². The molecule has 1 aromatic carbocycles. The molecule has 1 heteroatoms. The van der Waals surface area contributed by atoms with E-state index in [9.17, 15) is 0 Å². The fraction of sp³-hybridized carbons (Fsp3) is 0.333. The van der Waals surface area contributed by atoms with Crippen molar-refractivity contribution in [3.63, 3.8) is 0 Å². The fourth-order valence-electron chi connectivity index (χ4n) is 2.01. The molecule has 0 saturated heterocycles. The summed E-state index contributed by atoms with van der Waals surface area (Å²) in [5, 5.41) is 1.55. The minimum Gasteiger partial charge on any atom is -0.0804 e. The summed E-state index contributed by atoms with van der Waals surface area (Å²) in [6.45, 7) is 7.18. The normalized spacial score (nSPS) is 15.3. The van der Waals surface area contributed by atoms with Crippen LogP contribution < -0.4 is 5.19 Å². The van der Waals surface area contributed by atoms with Crippen LogP contribution in [0.4, 0.5) is 0 Å². The minimum absolute atomic E-state index is 1.11. The Balaban J connectivity index is 2.08. The second kappa shape index (κ2) is 4.42. The van der Waals surface area contributed by atoms with Gasteiger partial charge in [0.05, 0.1) is 8.07 Å². The molecular weight excluding hydrogens is 208 g/mol. The van der Waals surface area contributed by atoms with Crippen molar-refractivity contribution < 1.29 is 0 Å². The monoisotopic (exact) mass is 228 g/mol. The molecule has 1 aromatic rings. The van der Waals surface area contributed by atoms with Gasteiger partial charge in [-0.1, -0.05) is 72.9 Å². The van der Waals surface area contributed by atoms with Gasteiger partial charge in [-0.2, -0.15) is 0 Å².